The lowest BCUT2D eigenvalue weighted by molar-refractivity contribution is 0.575. The number of hydrogen-bond donors (Lipinski definition) is 0. The van der Waals surface area contributed by atoms with Gasteiger partial charge in [-0.2, -0.15) is 0 Å². The Morgan fingerprint density at radius 1 is 1.00 bits per heavy atom. The minimum atomic E-state index is 1.01. The van der Waals surface area contributed by atoms with Gasteiger partial charge in [-0.1, -0.05) is 67.8 Å². The predicted molar refractivity (Wildman–Crippen MR) is 83.3 cm³/mol. The first-order valence-corrected chi connectivity index (χ1v) is 8.99. The summed E-state index contributed by atoms with van der Waals surface area (Å²) in [7, 11) is 0. The third kappa shape index (κ3) is 7.25. The Kier molecular flexibility index (Phi) is 9.08. The number of hydrogen-bond acceptors (Lipinski definition) is 1. The van der Waals surface area contributed by atoms with Crippen molar-refractivity contribution in [2.24, 2.45) is 0 Å². The van der Waals surface area contributed by atoms with Crippen LogP contribution in [0.3, 0.4) is 0 Å². The average molecular weight is 317 g/mol. The molecule has 2 heteroatoms. The van der Waals surface area contributed by atoms with Crippen LogP contribution >= 0.6 is 27.3 Å². The summed E-state index contributed by atoms with van der Waals surface area (Å²) in [5.74, 6) is 0. The molecule has 1 aromatic rings. The minimum absolute atomic E-state index is 1.01. The van der Waals surface area contributed by atoms with Crippen LogP contribution in [-0.4, -0.2) is 0 Å². The monoisotopic (exact) mass is 316 g/mol. The van der Waals surface area contributed by atoms with Crippen LogP contribution in [0.5, 0.6) is 0 Å². The molecule has 1 rings (SSSR count). The fourth-order valence-electron chi connectivity index (χ4n) is 2.09. The van der Waals surface area contributed by atoms with Crippen molar-refractivity contribution in [3.05, 3.63) is 21.9 Å². The van der Waals surface area contributed by atoms with Crippen molar-refractivity contribution in [1.82, 2.24) is 0 Å². The molecule has 0 aliphatic rings. The summed E-state index contributed by atoms with van der Waals surface area (Å²) < 4.78 is 0. The van der Waals surface area contributed by atoms with Gasteiger partial charge in [0.15, 0.2) is 0 Å². The Morgan fingerprint density at radius 2 is 1.65 bits per heavy atom. The van der Waals surface area contributed by atoms with Crippen LogP contribution in [0.1, 0.15) is 68.7 Å². The van der Waals surface area contributed by atoms with Crippen molar-refractivity contribution in [3.63, 3.8) is 0 Å². The molecule has 1 heterocycles. The van der Waals surface area contributed by atoms with Gasteiger partial charge in [0, 0.05) is 10.2 Å². The second-order valence-electron chi connectivity index (χ2n) is 4.78. The zero-order chi connectivity index (χ0) is 12.3. The molecule has 0 atom stereocenters. The van der Waals surface area contributed by atoms with Gasteiger partial charge in [0.25, 0.3) is 0 Å². The van der Waals surface area contributed by atoms with Crippen molar-refractivity contribution >= 4 is 27.3 Å². The maximum Gasteiger partial charge on any atom is 0.0377 e. The molecule has 1 aromatic heterocycles. The molecule has 0 spiro atoms. The summed E-state index contributed by atoms with van der Waals surface area (Å²) >= 11 is 5.38. The highest BCUT2D eigenvalue weighted by atomic mass is 79.9. The topological polar surface area (TPSA) is 0 Å². The summed E-state index contributed by atoms with van der Waals surface area (Å²) in [6.07, 6.45) is 12.6. The van der Waals surface area contributed by atoms with E-state index in [1.807, 2.05) is 11.3 Å². The standard InChI is InChI=1S/C15H25BrS/c1-2-3-4-5-6-7-8-9-10-14-11-15(12-16)17-13-14/h11,13H,2-10,12H2,1H3. The first kappa shape index (κ1) is 15.2. The third-order valence-corrected chi connectivity index (χ3v) is 5.12. The van der Waals surface area contributed by atoms with Gasteiger partial charge in [-0.15, -0.1) is 11.3 Å². The van der Waals surface area contributed by atoms with Gasteiger partial charge in [-0.25, -0.2) is 0 Å². The number of alkyl halides is 1. The molecule has 0 unspecified atom stereocenters. The van der Waals surface area contributed by atoms with E-state index in [1.54, 1.807) is 0 Å². The Hall–Kier alpha value is 0.180. The van der Waals surface area contributed by atoms with Crippen LogP contribution in [-0.2, 0) is 11.8 Å². The molecule has 0 amide bonds. The number of thiophene rings is 1. The number of unbranched alkanes of at least 4 members (excludes halogenated alkanes) is 7. The lowest BCUT2D eigenvalue weighted by Crippen LogP contribution is -1.84. The number of aryl methyl sites for hydroxylation is 1. The predicted octanol–water partition coefficient (Wildman–Crippen LogP) is 6.33. The van der Waals surface area contributed by atoms with E-state index in [2.05, 4.69) is 34.3 Å². The fourth-order valence-corrected chi connectivity index (χ4v) is 3.42. The molecule has 0 bridgehead atoms. The molecule has 0 fully saturated rings. The van der Waals surface area contributed by atoms with Crippen LogP contribution in [0.2, 0.25) is 0 Å². The van der Waals surface area contributed by atoms with Crippen molar-refractivity contribution in [3.8, 4) is 0 Å². The van der Waals surface area contributed by atoms with Gasteiger partial charge in [0.05, 0.1) is 0 Å². The van der Waals surface area contributed by atoms with Gasteiger partial charge in [-0.3, -0.25) is 0 Å². The molecular weight excluding hydrogens is 292 g/mol. The molecule has 17 heavy (non-hydrogen) atoms. The zero-order valence-corrected chi connectivity index (χ0v) is 13.4. The Morgan fingerprint density at radius 3 is 2.24 bits per heavy atom. The maximum atomic E-state index is 3.50. The highest BCUT2D eigenvalue weighted by Crippen LogP contribution is 2.19. The minimum Gasteiger partial charge on any atom is -0.148 e. The molecule has 0 saturated heterocycles. The van der Waals surface area contributed by atoms with Gasteiger partial charge in [0.2, 0.25) is 0 Å². The molecule has 0 N–H and O–H groups in total. The van der Waals surface area contributed by atoms with Crippen LogP contribution in [0.4, 0.5) is 0 Å². The summed E-state index contributed by atoms with van der Waals surface area (Å²) in [6, 6.07) is 2.35. The van der Waals surface area contributed by atoms with E-state index in [9.17, 15) is 0 Å². The molecule has 0 aromatic carbocycles. The first-order chi connectivity index (χ1) is 8.36. The van der Waals surface area contributed by atoms with Crippen molar-refractivity contribution in [2.45, 2.75) is 70.0 Å². The van der Waals surface area contributed by atoms with Crippen LogP contribution < -0.4 is 0 Å². The molecule has 98 valence electrons. The quantitative estimate of drug-likeness (QED) is 0.349. The molecule has 0 aliphatic carbocycles. The number of rotatable bonds is 10. The largest absolute Gasteiger partial charge is 0.148 e. The average Bonchev–Trinajstić information content (AvgIpc) is 2.80. The summed E-state index contributed by atoms with van der Waals surface area (Å²) in [4.78, 5) is 1.46. The highest BCUT2D eigenvalue weighted by molar-refractivity contribution is 9.08. The number of halogens is 1. The highest BCUT2D eigenvalue weighted by Gasteiger charge is 1.98. The zero-order valence-electron chi connectivity index (χ0n) is 11.0. The SMILES string of the molecule is CCCCCCCCCCc1csc(CBr)c1. The third-order valence-electron chi connectivity index (χ3n) is 3.16. The lowest BCUT2D eigenvalue weighted by atomic mass is 10.1. The second-order valence-corrected chi connectivity index (χ2v) is 6.34. The van der Waals surface area contributed by atoms with Gasteiger partial charge < -0.3 is 0 Å². The molecular formula is C15H25BrS. The lowest BCUT2D eigenvalue weighted by Gasteiger charge is -2.00. The van der Waals surface area contributed by atoms with Gasteiger partial charge in [0.1, 0.15) is 0 Å². The van der Waals surface area contributed by atoms with Crippen molar-refractivity contribution < 1.29 is 0 Å². The fraction of sp³-hybridized carbons (Fsp3) is 0.733. The summed E-state index contributed by atoms with van der Waals surface area (Å²) in [5, 5.41) is 3.33. The van der Waals surface area contributed by atoms with Crippen LogP contribution in [0.25, 0.3) is 0 Å². The van der Waals surface area contributed by atoms with E-state index in [0.29, 0.717) is 0 Å². The van der Waals surface area contributed by atoms with E-state index in [4.69, 9.17) is 0 Å². The van der Waals surface area contributed by atoms with Crippen LogP contribution in [0.15, 0.2) is 11.4 Å². The van der Waals surface area contributed by atoms with Gasteiger partial charge in [-0.05, 0) is 29.9 Å². The van der Waals surface area contributed by atoms with Crippen LogP contribution in [0, 0.1) is 0 Å². The smallest absolute Gasteiger partial charge is 0.0377 e. The Labute approximate surface area is 119 Å². The maximum absolute atomic E-state index is 3.50. The van der Waals surface area contributed by atoms with E-state index in [-0.39, 0.29) is 0 Å². The summed E-state index contributed by atoms with van der Waals surface area (Å²) in [6.45, 7) is 2.28. The Balaban J connectivity index is 1.93. The van der Waals surface area contributed by atoms with E-state index in [1.165, 1.54) is 68.2 Å². The van der Waals surface area contributed by atoms with E-state index >= 15 is 0 Å². The first-order valence-electron chi connectivity index (χ1n) is 6.99. The molecule has 0 aliphatic heterocycles. The molecule has 0 radical (unpaired) electrons. The summed E-state index contributed by atoms with van der Waals surface area (Å²) in [5.41, 5.74) is 1.54. The van der Waals surface area contributed by atoms with Crippen molar-refractivity contribution in [1.29, 1.82) is 0 Å². The molecule has 0 saturated carbocycles. The van der Waals surface area contributed by atoms with E-state index < -0.39 is 0 Å². The van der Waals surface area contributed by atoms with Crippen molar-refractivity contribution in [2.75, 3.05) is 0 Å². The molecule has 0 nitrogen and oxygen atoms in total. The normalized spacial score (nSPS) is 10.9. The van der Waals surface area contributed by atoms with Gasteiger partial charge >= 0.3 is 0 Å². The van der Waals surface area contributed by atoms with E-state index in [0.717, 1.165) is 5.33 Å². The second kappa shape index (κ2) is 10.1. The Bertz CT molecular complexity index is 280.